The third kappa shape index (κ3) is 7.97. The molecular formula is C30H36FN3O6S. The second kappa shape index (κ2) is 14.5. The maximum Gasteiger partial charge on any atom is 0.264 e. The average Bonchev–Trinajstić information content (AvgIpc) is 2.97. The van der Waals surface area contributed by atoms with Crippen LogP contribution in [-0.2, 0) is 26.2 Å². The first-order valence-electron chi connectivity index (χ1n) is 13.4. The minimum atomic E-state index is -4.28. The average molecular weight is 586 g/mol. The number of hydrogen-bond donors (Lipinski definition) is 1. The molecule has 0 fully saturated rings. The summed E-state index contributed by atoms with van der Waals surface area (Å²) >= 11 is 0. The van der Waals surface area contributed by atoms with E-state index in [4.69, 9.17) is 9.47 Å². The van der Waals surface area contributed by atoms with Crippen LogP contribution in [0.15, 0.2) is 77.7 Å². The van der Waals surface area contributed by atoms with Gasteiger partial charge in [0.15, 0.2) is 0 Å². The van der Waals surface area contributed by atoms with E-state index < -0.39 is 34.3 Å². The lowest BCUT2D eigenvalue weighted by atomic mass is 10.1. The number of halogens is 1. The van der Waals surface area contributed by atoms with Crippen molar-refractivity contribution in [3.8, 4) is 11.5 Å². The quantitative estimate of drug-likeness (QED) is 0.301. The van der Waals surface area contributed by atoms with Crippen molar-refractivity contribution in [3.05, 3.63) is 84.2 Å². The Kier molecular flexibility index (Phi) is 11.1. The molecule has 2 amide bonds. The topological polar surface area (TPSA) is 105 Å². The van der Waals surface area contributed by atoms with Crippen molar-refractivity contribution < 1.29 is 31.9 Å². The standard InChI is InChI=1S/C30H36FN3O6S/c1-5-28(30(36)32-6-2)33(20-22-8-14-25(39-4)15-9-22)29(35)21-34(24-12-10-23(31)11-13-24)41(37,38)27-18-16-26(17-19-27)40-7-3/h8-19,28H,5-7,20-21H2,1-4H3,(H,32,36)/t28-/m0/s1. The molecule has 3 rings (SSSR count). The van der Waals surface area contributed by atoms with E-state index in [-0.39, 0.29) is 23.0 Å². The Hall–Kier alpha value is -4.12. The van der Waals surface area contributed by atoms with Gasteiger partial charge < -0.3 is 19.7 Å². The van der Waals surface area contributed by atoms with Gasteiger partial charge >= 0.3 is 0 Å². The molecule has 0 aromatic heterocycles. The summed E-state index contributed by atoms with van der Waals surface area (Å²) in [6.07, 6.45) is 0.302. The largest absolute Gasteiger partial charge is 0.497 e. The van der Waals surface area contributed by atoms with E-state index in [1.54, 1.807) is 45.2 Å². The van der Waals surface area contributed by atoms with Crippen LogP contribution in [0.4, 0.5) is 10.1 Å². The number of anilines is 1. The second-order valence-electron chi connectivity index (χ2n) is 9.08. The Balaban J connectivity index is 2.03. The number of likely N-dealkylation sites (N-methyl/N-ethyl adjacent to an activating group) is 1. The van der Waals surface area contributed by atoms with E-state index >= 15 is 0 Å². The van der Waals surface area contributed by atoms with Gasteiger partial charge in [-0.2, -0.15) is 0 Å². The number of carbonyl (C=O) groups is 2. The van der Waals surface area contributed by atoms with Crippen LogP contribution in [0.5, 0.6) is 11.5 Å². The summed E-state index contributed by atoms with van der Waals surface area (Å²) in [5.41, 5.74) is 0.827. The zero-order valence-electron chi connectivity index (χ0n) is 23.7. The van der Waals surface area contributed by atoms with Crippen LogP contribution in [-0.4, -0.2) is 58.0 Å². The van der Waals surface area contributed by atoms with Crippen LogP contribution in [0.1, 0.15) is 32.8 Å². The van der Waals surface area contributed by atoms with Crippen LogP contribution in [0.3, 0.4) is 0 Å². The van der Waals surface area contributed by atoms with E-state index in [9.17, 15) is 22.4 Å². The molecule has 1 N–H and O–H groups in total. The van der Waals surface area contributed by atoms with Crippen LogP contribution >= 0.6 is 0 Å². The summed E-state index contributed by atoms with van der Waals surface area (Å²) < 4.78 is 53.1. The molecule has 9 nitrogen and oxygen atoms in total. The Morgan fingerprint density at radius 3 is 2.05 bits per heavy atom. The summed E-state index contributed by atoms with van der Waals surface area (Å²) in [5.74, 6) is -0.375. The van der Waals surface area contributed by atoms with Crippen LogP contribution in [0.25, 0.3) is 0 Å². The molecule has 0 saturated heterocycles. The van der Waals surface area contributed by atoms with E-state index in [1.165, 1.54) is 41.3 Å². The number of hydrogen-bond acceptors (Lipinski definition) is 6. The fourth-order valence-corrected chi connectivity index (χ4v) is 5.69. The number of sulfonamides is 1. The molecule has 0 aliphatic rings. The Labute approximate surface area is 240 Å². The van der Waals surface area contributed by atoms with Gasteiger partial charge in [-0.15, -0.1) is 0 Å². The molecule has 3 aromatic rings. The number of amides is 2. The van der Waals surface area contributed by atoms with Crippen LogP contribution in [0.2, 0.25) is 0 Å². The summed E-state index contributed by atoms with van der Waals surface area (Å²) in [6, 6.07) is 16.9. The molecule has 11 heteroatoms. The van der Waals surface area contributed by atoms with Gasteiger partial charge in [0.05, 0.1) is 24.3 Å². The van der Waals surface area contributed by atoms with E-state index in [1.807, 2.05) is 6.92 Å². The van der Waals surface area contributed by atoms with Crippen molar-refractivity contribution in [1.29, 1.82) is 0 Å². The van der Waals surface area contributed by atoms with Gasteiger partial charge in [0.1, 0.15) is 29.9 Å². The van der Waals surface area contributed by atoms with Gasteiger partial charge in [0.25, 0.3) is 10.0 Å². The maximum absolute atomic E-state index is 14.0. The van der Waals surface area contributed by atoms with Gasteiger partial charge in [0, 0.05) is 13.1 Å². The highest BCUT2D eigenvalue weighted by Gasteiger charge is 2.33. The van der Waals surface area contributed by atoms with E-state index in [0.717, 1.165) is 22.0 Å². The van der Waals surface area contributed by atoms with E-state index in [2.05, 4.69) is 5.32 Å². The molecule has 0 radical (unpaired) electrons. The second-order valence-corrected chi connectivity index (χ2v) is 10.9. The zero-order valence-corrected chi connectivity index (χ0v) is 24.5. The highest BCUT2D eigenvalue weighted by molar-refractivity contribution is 7.92. The monoisotopic (exact) mass is 585 g/mol. The smallest absolute Gasteiger partial charge is 0.264 e. The Morgan fingerprint density at radius 2 is 1.51 bits per heavy atom. The number of ether oxygens (including phenoxy) is 2. The first kappa shape index (κ1) is 31.4. The molecule has 220 valence electrons. The van der Waals surface area contributed by atoms with Crippen LogP contribution < -0.4 is 19.1 Å². The molecule has 0 heterocycles. The predicted octanol–water partition coefficient (Wildman–Crippen LogP) is 4.37. The van der Waals surface area contributed by atoms with Crippen molar-refractivity contribution >= 4 is 27.5 Å². The van der Waals surface area contributed by atoms with Crippen molar-refractivity contribution in [2.45, 2.75) is 44.7 Å². The third-order valence-corrected chi connectivity index (χ3v) is 8.15. The summed E-state index contributed by atoms with van der Waals surface area (Å²) in [7, 11) is -2.74. The normalized spacial score (nSPS) is 11.8. The number of nitrogens with zero attached hydrogens (tertiary/aromatic N) is 2. The minimum absolute atomic E-state index is 0.0544. The first-order valence-corrected chi connectivity index (χ1v) is 14.8. The molecule has 0 saturated carbocycles. The number of benzene rings is 3. The lowest BCUT2D eigenvalue weighted by molar-refractivity contribution is -0.140. The highest BCUT2D eigenvalue weighted by atomic mass is 32.2. The number of carbonyl (C=O) groups excluding carboxylic acids is 2. The van der Waals surface area contributed by atoms with Crippen molar-refractivity contribution in [3.63, 3.8) is 0 Å². The van der Waals surface area contributed by atoms with Gasteiger partial charge in [-0.1, -0.05) is 19.1 Å². The lowest BCUT2D eigenvalue weighted by Crippen LogP contribution is -2.52. The molecule has 1 atom stereocenters. The van der Waals surface area contributed by atoms with Gasteiger partial charge in [0.2, 0.25) is 11.8 Å². The van der Waals surface area contributed by atoms with Gasteiger partial charge in [-0.3, -0.25) is 13.9 Å². The minimum Gasteiger partial charge on any atom is -0.497 e. The first-order chi connectivity index (χ1) is 19.6. The molecular weight excluding hydrogens is 549 g/mol. The summed E-state index contributed by atoms with van der Waals surface area (Å²) in [4.78, 5) is 28.3. The number of rotatable bonds is 14. The van der Waals surface area contributed by atoms with Crippen molar-refractivity contribution in [2.24, 2.45) is 0 Å². The molecule has 0 bridgehead atoms. The molecule has 41 heavy (non-hydrogen) atoms. The van der Waals surface area contributed by atoms with Crippen molar-refractivity contribution in [2.75, 3.05) is 31.1 Å². The third-order valence-electron chi connectivity index (χ3n) is 6.37. The Bertz CT molecular complexity index is 1400. The molecule has 0 unspecified atom stereocenters. The van der Waals surface area contributed by atoms with Crippen molar-refractivity contribution in [1.82, 2.24) is 10.2 Å². The molecule has 3 aromatic carbocycles. The number of nitrogens with one attached hydrogen (secondary N) is 1. The molecule has 0 aliphatic heterocycles. The van der Waals surface area contributed by atoms with Crippen LogP contribution in [0, 0.1) is 5.82 Å². The number of methoxy groups -OCH3 is 1. The summed E-state index contributed by atoms with van der Waals surface area (Å²) in [6.45, 7) is 5.59. The highest BCUT2D eigenvalue weighted by Crippen LogP contribution is 2.26. The Morgan fingerprint density at radius 1 is 0.902 bits per heavy atom. The van der Waals surface area contributed by atoms with Gasteiger partial charge in [-0.25, -0.2) is 12.8 Å². The SMILES string of the molecule is CCNC(=O)[C@H](CC)N(Cc1ccc(OC)cc1)C(=O)CN(c1ccc(F)cc1)S(=O)(=O)c1ccc(OCC)cc1. The van der Waals surface area contributed by atoms with Gasteiger partial charge in [-0.05, 0) is 86.5 Å². The predicted molar refractivity (Wildman–Crippen MR) is 155 cm³/mol. The molecule has 0 aliphatic carbocycles. The summed E-state index contributed by atoms with van der Waals surface area (Å²) in [5, 5.41) is 2.76. The molecule has 0 spiro atoms. The maximum atomic E-state index is 14.0. The van der Waals surface area contributed by atoms with E-state index in [0.29, 0.717) is 31.1 Å². The fraction of sp³-hybridized carbons (Fsp3) is 0.333. The lowest BCUT2D eigenvalue weighted by Gasteiger charge is -2.33. The zero-order chi connectivity index (χ0) is 30.0. The fourth-order valence-electron chi connectivity index (χ4n) is 4.28.